The number of aliphatic imine (C=N–C) groups is 1. The van der Waals surface area contributed by atoms with Gasteiger partial charge in [0.25, 0.3) is 0 Å². The standard InChI is InChI=1S/C9H7Cl2N/c1-6(10)7-4-3-5-8(11)9(7)12-2/h3-5H,1-2H2. The molecule has 0 saturated heterocycles. The minimum atomic E-state index is 0.417. The highest BCUT2D eigenvalue weighted by Gasteiger charge is 2.05. The molecule has 0 saturated carbocycles. The zero-order chi connectivity index (χ0) is 9.14. The second kappa shape index (κ2) is 3.74. The Morgan fingerprint density at radius 3 is 2.50 bits per heavy atom. The lowest BCUT2D eigenvalue weighted by molar-refractivity contribution is 1.52. The van der Waals surface area contributed by atoms with Gasteiger partial charge in [0.15, 0.2) is 0 Å². The van der Waals surface area contributed by atoms with Gasteiger partial charge in [0.2, 0.25) is 0 Å². The van der Waals surface area contributed by atoms with Crippen LogP contribution in [0, 0.1) is 0 Å². The molecule has 1 aromatic rings. The molecule has 1 nitrogen and oxygen atoms in total. The molecule has 12 heavy (non-hydrogen) atoms. The molecule has 0 aromatic heterocycles. The smallest absolute Gasteiger partial charge is 0.0895 e. The van der Waals surface area contributed by atoms with E-state index in [1.54, 1.807) is 18.2 Å². The molecular formula is C9H7Cl2N. The van der Waals surface area contributed by atoms with Crippen LogP contribution in [0.4, 0.5) is 5.69 Å². The molecule has 0 unspecified atom stereocenters. The van der Waals surface area contributed by atoms with Crippen LogP contribution in [0.15, 0.2) is 29.8 Å². The van der Waals surface area contributed by atoms with Crippen molar-refractivity contribution < 1.29 is 0 Å². The van der Waals surface area contributed by atoms with E-state index in [0.29, 0.717) is 15.7 Å². The molecule has 0 N–H and O–H groups in total. The number of benzene rings is 1. The van der Waals surface area contributed by atoms with Gasteiger partial charge >= 0.3 is 0 Å². The van der Waals surface area contributed by atoms with Gasteiger partial charge in [0.05, 0.1) is 10.7 Å². The summed E-state index contributed by atoms with van der Waals surface area (Å²) in [6.07, 6.45) is 0. The molecule has 0 radical (unpaired) electrons. The molecule has 0 bridgehead atoms. The summed E-state index contributed by atoms with van der Waals surface area (Å²) in [5.74, 6) is 0. The number of rotatable bonds is 2. The summed E-state index contributed by atoms with van der Waals surface area (Å²) in [7, 11) is 0. The fourth-order valence-electron chi connectivity index (χ4n) is 0.895. The zero-order valence-corrected chi connectivity index (χ0v) is 7.86. The molecular weight excluding hydrogens is 193 g/mol. The van der Waals surface area contributed by atoms with Crippen LogP contribution >= 0.6 is 23.2 Å². The van der Waals surface area contributed by atoms with E-state index in [1.165, 1.54) is 0 Å². The van der Waals surface area contributed by atoms with Gasteiger partial charge in [-0.3, -0.25) is 4.99 Å². The molecule has 0 aliphatic heterocycles. The molecule has 1 rings (SSSR count). The van der Waals surface area contributed by atoms with E-state index in [2.05, 4.69) is 18.3 Å². The summed E-state index contributed by atoms with van der Waals surface area (Å²) in [5, 5.41) is 0.948. The normalized spacial score (nSPS) is 9.50. The average Bonchev–Trinajstić information content (AvgIpc) is 2.03. The highest BCUT2D eigenvalue weighted by atomic mass is 35.5. The third kappa shape index (κ3) is 1.68. The van der Waals surface area contributed by atoms with E-state index in [0.717, 1.165) is 5.56 Å². The summed E-state index contributed by atoms with van der Waals surface area (Å²) in [6.45, 7) is 6.99. The van der Waals surface area contributed by atoms with Crippen molar-refractivity contribution in [1.82, 2.24) is 0 Å². The van der Waals surface area contributed by atoms with Gasteiger partial charge in [-0.25, -0.2) is 0 Å². The Kier molecular flexibility index (Phi) is 2.90. The van der Waals surface area contributed by atoms with Crippen LogP contribution in [0.1, 0.15) is 5.56 Å². The fraction of sp³-hybridized carbons (Fsp3) is 0. The lowest BCUT2D eigenvalue weighted by Gasteiger charge is -2.03. The summed E-state index contributed by atoms with van der Waals surface area (Å²) < 4.78 is 0. The molecule has 0 atom stereocenters. The second-order valence-electron chi connectivity index (χ2n) is 2.20. The topological polar surface area (TPSA) is 12.4 Å². The molecule has 0 aliphatic carbocycles. The first kappa shape index (κ1) is 9.30. The maximum atomic E-state index is 5.84. The molecule has 0 amide bonds. The first-order chi connectivity index (χ1) is 5.66. The molecule has 62 valence electrons. The second-order valence-corrected chi connectivity index (χ2v) is 3.06. The van der Waals surface area contributed by atoms with Crippen LogP contribution in [0.5, 0.6) is 0 Å². The first-order valence-electron chi connectivity index (χ1n) is 3.27. The lowest BCUT2D eigenvalue weighted by atomic mass is 10.2. The van der Waals surface area contributed by atoms with Crippen LogP contribution in [0.25, 0.3) is 5.03 Å². The largest absolute Gasteiger partial charge is 0.262 e. The summed E-state index contributed by atoms with van der Waals surface area (Å²) in [6, 6.07) is 5.32. The van der Waals surface area contributed by atoms with Crippen molar-refractivity contribution in [2.45, 2.75) is 0 Å². The van der Waals surface area contributed by atoms with Crippen molar-refractivity contribution in [2.24, 2.45) is 4.99 Å². The Hall–Kier alpha value is -0.790. The van der Waals surface area contributed by atoms with Crippen molar-refractivity contribution in [2.75, 3.05) is 0 Å². The Labute approximate surface area is 81.3 Å². The van der Waals surface area contributed by atoms with Crippen LogP contribution in [-0.4, -0.2) is 6.72 Å². The molecule has 0 spiro atoms. The van der Waals surface area contributed by atoms with Gasteiger partial charge in [0.1, 0.15) is 0 Å². The summed E-state index contributed by atoms with van der Waals surface area (Å²) in [5.41, 5.74) is 1.30. The van der Waals surface area contributed by atoms with Crippen molar-refractivity contribution in [3.05, 3.63) is 35.4 Å². The van der Waals surface area contributed by atoms with Gasteiger partial charge in [-0.05, 0) is 12.8 Å². The van der Waals surface area contributed by atoms with E-state index in [-0.39, 0.29) is 0 Å². The van der Waals surface area contributed by atoms with Crippen LogP contribution < -0.4 is 0 Å². The summed E-state index contributed by atoms with van der Waals surface area (Å²) >= 11 is 11.6. The molecule has 3 heteroatoms. The number of hydrogen-bond acceptors (Lipinski definition) is 1. The molecule has 0 heterocycles. The van der Waals surface area contributed by atoms with Crippen molar-refractivity contribution in [1.29, 1.82) is 0 Å². The highest BCUT2D eigenvalue weighted by Crippen LogP contribution is 2.33. The van der Waals surface area contributed by atoms with Crippen molar-refractivity contribution in [3.63, 3.8) is 0 Å². The Morgan fingerprint density at radius 1 is 1.42 bits per heavy atom. The summed E-state index contributed by atoms with van der Waals surface area (Å²) in [4.78, 5) is 3.76. The van der Waals surface area contributed by atoms with Gasteiger partial charge in [-0.15, -0.1) is 0 Å². The average molecular weight is 200 g/mol. The Bertz CT molecular complexity index is 331. The fourth-order valence-corrected chi connectivity index (χ4v) is 1.28. The Balaban J connectivity index is 3.37. The van der Waals surface area contributed by atoms with Crippen LogP contribution in [-0.2, 0) is 0 Å². The van der Waals surface area contributed by atoms with Crippen LogP contribution in [0.3, 0.4) is 0 Å². The quantitative estimate of drug-likeness (QED) is 0.642. The lowest BCUT2D eigenvalue weighted by Crippen LogP contribution is -1.77. The minimum absolute atomic E-state index is 0.417. The monoisotopic (exact) mass is 199 g/mol. The van der Waals surface area contributed by atoms with E-state index in [4.69, 9.17) is 23.2 Å². The molecule has 1 aromatic carbocycles. The maximum absolute atomic E-state index is 5.84. The number of halogens is 2. The first-order valence-corrected chi connectivity index (χ1v) is 4.02. The van der Waals surface area contributed by atoms with Crippen molar-refractivity contribution in [3.8, 4) is 0 Å². The van der Waals surface area contributed by atoms with Gasteiger partial charge in [0, 0.05) is 10.6 Å². The van der Waals surface area contributed by atoms with E-state index < -0.39 is 0 Å². The third-order valence-corrected chi connectivity index (χ3v) is 1.95. The maximum Gasteiger partial charge on any atom is 0.0895 e. The zero-order valence-electron chi connectivity index (χ0n) is 6.35. The van der Waals surface area contributed by atoms with Crippen molar-refractivity contribution >= 4 is 40.6 Å². The van der Waals surface area contributed by atoms with Gasteiger partial charge in [-0.1, -0.05) is 41.9 Å². The predicted octanol–water partition coefficient (Wildman–Crippen LogP) is 3.88. The number of nitrogens with zero attached hydrogens (tertiary/aromatic N) is 1. The van der Waals surface area contributed by atoms with E-state index in [1.807, 2.05) is 0 Å². The predicted molar refractivity (Wildman–Crippen MR) is 55.5 cm³/mol. The highest BCUT2D eigenvalue weighted by molar-refractivity contribution is 6.49. The van der Waals surface area contributed by atoms with Crippen LogP contribution in [0.2, 0.25) is 5.02 Å². The third-order valence-electron chi connectivity index (χ3n) is 1.44. The molecule has 0 fully saturated rings. The van der Waals surface area contributed by atoms with Gasteiger partial charge < -0.3 is 0 Å². The Morgan fingerprint density at radius 2 is 2.08 bits per heavy atom. The van der Waals surface area contributed by atoms with Gasteiger partial charge in [-0.2, -0.15) is 0 Å². The number of hydrogen-bond donors (Lipinski definition) is 0. The number of para-hydroxylation sites is 1. The van der Waals surface area contributed by atoms with E-state index >= 15 is 0 Å². The molecule has 0 aliphatic rings. The minimum Gasteiger partial charge on any atom is -0.262 e. The SMILES string of the molecule is C=Nc1c(Cl)cccc1C(=C)Cl. The van der Waals surface area contributed by atoms with E-state index in [9.17, 15) is 0 Å².